The number of aromatic nitrogens is 2. The molecule has 0 saturated carbocycles. The van der Waals surface area contributed by atoms with Crippen molar-refractivity contribution in [2.24, 2.45) is 0 Å². The monoisotopic (exact) mass is 323 g/mol. The van der Waals surface area contributed by atoms with Crippen LogP contribution in [0, 0.1) is 0 Å². The molecule has 24 heavy (non-hydrogen) atoms. The van der Waals surface area contributed by atoms with Crippen LogP contribution in [0.2, 0.25) is 0 Å². The molecule has 0 saturated heterocycles. The van der Waals surface area contributed by atoms with Gasteiger partial charge in [-0.3, -0.25) is 9.59 Å². The zero-order valence-electron chi connectivity index (χ0n) is 12.5. The van der Waals surface area contributed by atoms with E-state index in [1.165, 1.54) is 0 Å². The van der Waals surface area contributed by atoms with Gasteiger partial charge in [-0.1, -0.05) is 18.2 Å². The molecule has 1 aromatic heterocycles. The van der Waals surface area contributed by atoms with E-state index in [4.69, 9.17) is 9.47 Å². The second-order valence-electron chi connectivity index (χ2n) is 5.26. The van der Waals surface area contributed by atoms with E-state index in [1.54, 1.807) is 42.5 Å². The molecule has 3 aromatic rings. The predicted molar refractivity (Wildman–Crippen MR) is 87.7 cm³/mol. The average Bonchev–Trinajstić information content (AvgIpc) is 2.62. The molecule has 4 rings (SSSR count). The summed E-state index contributed by atoms with van der Waals surface area (Å²) in [4.78, 5) is 24.3. The summed E-state index contributed by atoms with van der Waals surface area (Å²) < 4.78 is 10.9. The average molecular weight is 323 g/mol. The van der Waals surface area contributed by atoms with E-state index in [-0.39, 0.29) is 11.3 Å². The van der Waals surface area contributed by atoms with Gasteiger partial charge in [0.15, 0.2) is 17.2 Å². The van der Waals surface area contributed by atoms with Gasteiger partial charge in [0.2, 0.25) is 0 Å². The minimum atomic E-state index is -0.417. The van der Waals surface area contributed by atoms with Crippen molar-refractivity contribution >= 4 is 22.4 Å². The predicted octanol–water partition coefficient (Wildman–Crippen LogP) is 1.95. The summed E-state index contributed by atoms with van der Waals surface area (Å²) in [5.74, 6) is 0.810. The molecule has 2 N–H and O–H groups in total. The highest BCUT2D eigenvalue weighted by Gasteiger charge is 2.16. The van der Waals surface area contributed by atoms with Crippen molar-refractivity contribution in [1.82, 2.24) is 10.2 Å². The highest BCUT2D eigenvalue weighted by atomic mass is 16.6. The summed E-state index contributed by atoms with van der Waals surface area (Å²) >= 11 is 0. The third-order valence-electron chi connectivity index (χ3n) is 3.71. The molecule has 0 atom stereocenters. The molecule has 0 bridgehead atoms. The zero-order chi connectivity index (χ0) is 16.5. The number of amides is 1. The lowest BCUT2D eigenvalue weighted by molar-refractivity contribution is 0.102. The van der Waals surface area contributed by atoms with Crippen molar-refractivity contribution in [3.8, 4) is 11.5 Å². The van der Waals surface area contributed by atoms with Crippen LogP contribution in [0.25, 0.3) is 10.8 Å². The van der Waals surface area contributed by atoms with Crippen molar-refractivity contribution in [2.45, 2.75) is 0 Å². The third kappa shape index (κ3) is 2.45. The first kappa shape index (κ1) is 14.3. The molecular weight excluding hydrogens is 310 g/mol. The van der Waals surface area contributed by atoms with Crippen LogP contribution in [0.15, 0.2) is 47.3 Å². The highest BCUT2D eigenvalue weighted by molar-refractivity contribution is 6.11. The van der Waals surface area contributed by atoms with Gasteiger partial charge in [0.1, 0.15) is 13.2 Å². The molecule has 1 aliphatic rings. The molecule has 120 valence electrons. The number of hydrogen-bond donors (Lipinski definition) is 2. The van der Waals surface area contributed by atoms with Crippen molar-refractivity contribution < 1.29 is 14.3 Å². The summed E-state index contributed by atoms with van der Waals surface area (Å²) in [6.45, 7) is 0.975. The smallest absolute Gasteiger partial charge is 0.276 e. The Hall–Kier alpha value is -3.35. The molecule has 7 nitrogen and oxygen atoms in total. The Labute approximate surface area is 136 Å². The standard InChI is InChI=1S/C17H13N3O4/c21-16-12-4-2-1-3-11(12)15(19-20-16)17(22)18-10-5-6-13-14(9-10)24-8-7-23-13/h1-6,9H,7-8H2,(H,18,22)(H,20,21). The van der Waals surface area contributed by atoms with E-state index < -0.39 is 5.91 Å². The normalized spacial score (nSPS) is 12.8. The minimum Gasteiger partial charge on any atom is -0.486 e. The molecule has 0 fully saturated rings. The first-order chi connectivity index (χ1) is 11.7. The van der Waals surface area contributed by atoms with Gasteiger partial charge in [-0.15, -0.1) is 0 Å². The van der Waals surface area contributed by atoms with Crippen LogP contribution < -0.4 is 20.3 Å². The number of nitrogens with zero attached hydrogens (tertiary/aromatic N) is 1. The highest BCUT2D eigenvalue weighted by Crippen LogP contribution is 2.32. The second kappa shape index (κ2) is 5.69. The largest absolute Gasteiger partial charge is 0.486 e. The number of carbonyl (C=O) groups is 1. The molecule has 0 unspecified atom stereocenters. The molecule has 1 aliphatic heterocycles. The van der Waals surface area contributed by atoms with Gasteiger partial charge >= 0.3 is 0 Å². The molecule has 0 spiro atoms. The summed E-state index contributed by atoms with van der Waals surface area (Å²) in [6, 6.07) is 12.0. The fraction of sp³-hybridized carbons (Fsp3) is 0.118. The topological polar surface area (TPSA) is 93.3 Å². The van der Waals surface area contributed by atoms with Crippen molar-refractivity contribution in [3.05, 3.63) is 58.5 Å². The van der Waals surface area contributed by atoms with Crippen molar-refractivity contribution in [1.29, 1.82) is 0 Å². The van der Waals surface area contributed by atoms with Crippen LogP contribution in [-0.2, 0) is 0 Å². The van der Waals surface area contributed by atoms with Gasteiger partial charge in [-0.05, 0) is 18.2 Å². The molecular formula is C17H13N3O4. The maximum Gasteiger partial charge on any atom is 0.276 e. The summed E-state index contributed by atoms with van der Waals surface area (Å²) in [7, 11) is 0. The van der Waals surface area contributed by atoms with E-state index in [0.717, 1.165) is 0 Å². The molecule has 2 heterocycles. The molecule has 0 radical (unpaired) electrons. The van der Waals surface area contributed by atoms with Gasteiger partial charge in [0.05, 0.1) is 5.39 Å². The lowest BCUT2D eigenvalue weighted by Crippen LogP contribution is -2.20. The molecule has 2 aromatic carbocycles. The van der Waals surface area contributed by atoms with Crippen LogP contribution in [0.4, 0.5) is 5.69 Å². The van der Waals surface area contributed by atoms with Crippen LogP contribution in [0.3, 0.4) is 0 Å². The first-order valence-electron chi connectivity index (χ1n) is 7.41. The van der Waals surface area contributed by atoms with Crippen molar-refractivity contribution in [2.75, 3.05) is 18.5 Å². The molecule has 1 amide bonds. The van der Waals surface area contributed by atoms with Gasteiger partial charge in [-0.2, -0.15) is 5.10 Å². The number of H-pyrrole nitrogens is 1. The van der Waals surface area contributed by atoms with Crippen LogP contribution in [-0.4, -0.2) is 29.3 Å². The third-order valence-corrected chi connectivity index (χ3v) is 3.71. The molecule has 0 aliphatic carbocycles. The van der Waals surface area contributed by atoms with Crippen molar-refractivity contribution in [3.63, 3.8) is 0 Å². The maximum absolute atomic E-state index is 12.5. The number of nitrogens with one attached hydrogen (secondary N) is 2. The Morgan fingerprint density at radius 3 is 2.62 bits per heavy atom. The van der Waals surface area contributed by atoms with E-state index in [2.05, 4.69) is 15.5 Å². The van der Waals surface area contributed by atoms with E-state index in [1.807, 2.05) is 0 Å². The number of benzene rings is 2. The summed E-state index contributed by atoms with van der Waals surface area (Å²) in [6.07, 6.45) is 0. The Balaban J connectivity index is 1.68. The number of aromatic amines is 1. The van der Waals surface area contributed by atoms with Crippen LogP contribution >= 0.6 is 0 Å². The fourth-order valence-electron chi connectivity index (χ4n) is 2.60. The Kier molecular flexibility index (Phi) is 3.38. The first-order valence-corrected chi connectivity index (χ1v) is 7.41. The number of fused-ring (bicyclic) bond motifs is 2. The summed E-state index contributed by atoms with van der Waals surface area (Å²) in [5.41, 5.74) is 0.378. The van der Waals surface area contributed by atoms with E-state index in [0.29, 0.717) is 41.2 Å². The number of hydrogen-bond acceptors (Lipinski definition) is 5. The Morgan fingerprint density at radius 1 is 1.04 bits per heavy atom. The number of rotatable bonds is 2. The van der Waals surface area contributed by atoms with Gasteiger partial charge in [-0.25, -0.2) is 5.10 Å². The number of ether oxygens (including phenoxy) is 2. The summed E-state index contributed by atoms with van der Waals surface area (Å²) in [5, 5.41) is 9.91. The van der Waals surface area contributed by atoms with Crippen LogP contribution in [0.1, 0.15) is 10.5 Å². The van der Waals surface area contributed by atoms with Gasteiger partial charge < -0.3 is 14.8 Å². The fourth-order valence-corrected chi connectivity index (χ4v) is 2.60. The van der Waals surface area contributed by atoms with Crippen LogP contribution in [0.5, 0.6) is 11.5 Å². The SMILES string of the molecule is O=C(Nc1ccc2c(c1)OCCO2)c1n[nH]c(=O)c2ccccc12. The van der Waals surface area contributed by atoms with Gasteiger partial charge in [0.25, 0.3) is 11.5 Å². The van der Waals surface area contributed by atoms with Gasteiger partial charge in [0, 0.05) is 17.1 Å². The second-order valence-corrected chi connectivity index (χ2v) is 5.26. The lowest BCUT2D eigenvalue weighted by atomic mass is 10.1. The van der Waals surface area contributed by atoms with E-state index >= 15 is 0 Å². The molecule has 7 heteroatoms. The lowest BCUT2D eigenvalue weighted by Gasteiger charge is -2.19. The zero-order valence-corrected chi connectivity index (χ0v) is 12.5. The Bertz CT molecular complexity index is 997. The Morgan fingerprint density at radius 2 is 1.79 bits per heavy atom. The van der Waals surface area contributed by atoms with E-state index in [9.17, 15) is 9.59 Å². The minimum absolute atomic E-state index is 0.153. The number of carbonyl (C=O) groups excluding carboxylic acids is 1. The quantitative estimate of drug-likeness (QED) is 0.752. The number of anilines is 1. The maximum atomic E-state index is 12.5.